The summed E-state index contributed by atoms with van der Waals surface area (Å²) in [6.07, 6.45) is 1.77. The summed E-state index contributed by atoms with van der Waals surface area (Å²) in [5.41, 5.74) is 5.59. The first-order chi connectivity index (χ1) is 7.70. The summed E-state index contributed by atoms with van der Waals surface area (Å²) in [5.74, 6) is 1.00. The normalized spacial score (nSPS) is 25.8. The average molecular weight is 224 g/mol. The maximum Gasteiger partial charge on any atom is 0.227 e. The highest BCUT2D eigenvalue weighted by atomic mass is 16.5. The molecule has 0 spiro atoms. The molecule has 1 aliphatic rings. The number of hydrogen-bond acceptors (Lipinski definition) is 6. The van der Waals surface area contributed by atoms with Crippen LogP contribution in [-0.4, -0.2) is 47.5 Å². The van der Waals surface area contributed by atoms with Crippen molar-refractivity contribution in [1.82, 2.24) is 9.97 Å². The number of nitrogen functional groups attached to an aromatic ring is 1. The molecular weight excluding hydrogens is 208 g/mol. The number of piperidine rings is 1. The van der Waals surface area contributed by atoms with Crippen LogP contribution < -0.4 is 10.6 Å². The Balaban J connectivity index is 2.07. The lowest BCUT2D eigenvalue weighted by atomic mass is 10.1. The number of rotatable bonds is 2. The third-order valence-corrected chi connectivity index (χ3v) is 2.77. The summed E-state index contributed by atoms with van der Waals surface area (Å²) in [5, 5.41) is 9.82. The minimum absolute atomic E-state index is 0.0997. The van der Waals surface area contributed by atoms with Crippen LogP contribution in [0.4, 0.5) is 11.8 Å². The quantitative estimate of drug-likeness (QED) is 0.714. The Labute approximate surface area is 94.1 Å². The molecule has 0 bridgehead atoms. The van der Waals surface area contributed by atoms with E-state index in [1.165, 1.54) is 0 Å². The van der Waals surface area contributed by atoms with Crippen molar-refractivity contribution in [3.8, 4) is 0 Å². The largest absolute Gasteiger partial charge is 0.389 e. The van der Waals surface area contributed by atoms with Crippen LogP contribution in [0, 0.1) is 0 Å². The van der Waals surface area contributed by atoms with E-state index >= 15 is 0 Å². The van der Waals surface area contributed by atoms with E-state index in [-0.39, 0.29) is 6.10 Å². The summed E-state index contributed by atoms with van der Waals surface area (Å²) in [7, 11) is 1.61. The van der Waals surface area contributed by atoms with Crippen LogP contribution in [0.2, 0.25) is 0 Å². The molecule has 2 atom stereocenters. The highest BCUT2D eigenvalue weighted by molar-refractivity contribution is 5.38. The zero-order valence-corrected chi connectivity index (χ0v) is 9.21. The topological polar surface area (TPSA) is 84.5 Å². The fraction of sp³-hybridized carbons (Fsp3) is 0.600. The van der Waals surface area contributed by atoms with Crippen LogP contribution in [0.25, 0.3) is 0 Å². The molecule has 16 heavy (non-hydrogen) atoms. The molecule has 1 aromatic rings. The Morgan fingerprint density at radius 1 is 1.62 bits per heavy atom. The van der Waals surface area contributed by atoms with Gasteiger partial charge in [-0.15, -0.1) is 0 Å². The van der Waals surface area contributed by atoms with Gasteiger partial charge in [-0.3, -0.25) is 0 Å². The van der Waals surface area contributed by atoms with E-state index in [4.69, 9.17) is 10.5 Å². The van der Waals surface area contributed by atoms with Crippen molar-refractivity contribution in [3.63, 3.8) is 0 Å². The van der Waals surface area contributed by atoms with Gasteiger partial charge in [0.05, 0.1) is 12.2 Å². The average Bonchev–Trinajstić information content (AvgIpc) is 2.29. The monoisotopic (exact) mass is 224 g/mol. The summed E-state index contributed by atoms with van der Waals surface area (Å²) >= 11 is 0. The van der Waals surface area contributed by atoms with Gasteiger partial charge in [0.15, 0.2) is 0 Å². The van der Waals surface area contributed by atoms with Crippen LogP contribution in [0.15, 0.2) is 12.3 Å². The number of aliphatic hydroxyl groups is 1. The van der Waals surface area contributed by atoms with E-state index in [2.05, 4.69) is 9.97 Å². The molecule has 1 aliphatic heterocycles. The third kappa shape index (κ3) is 2.23. The number of anilines is 2. The highest BCUT2D eigenvalue weighted by Crippen LogP contribution is 2.18. The van der Waals surface area contributed by atoms with Crippen LogP contribution in [-0.2, 0) is 4.74 Å². The Kier molecular flexibility index (Phi) is 3.21. The molecule has 3 N–H and O–H groups in total. The fourth-order valence-electron chi connectivity index (χ4n) is 1.88. The Morgan fingerprint density at radius 2 is 2.44 bits per heavy atom. The van der Waals surface area contributed by atoms with E-state index < -0.39 is 6.10 Å². The molecule has 2 heterocycles. The number of β-amino-alcohol motifs (C(OH)–C–C–N with tert-alkyl or cyclic N) is 1. The standard InChI is InChI=1S/C10H16N4O2/c1-16-8-3-5-14(6-7(8)15)10-12-4-2-9(11)13-10/h2,4,7-8,15H,3,5-6H2,1H3,(H2,11,12,13)/t7-,8?/m0/s1. The van der Waals surface area contributed by atoms with Crippen molar-refractivity contribution in [3.05, 3.63) is 12.3 Å². The van der Waals surface area contributed by atoms with Gasteiger partial charge in [0, 0.05) is 26.4 Å². The number of aromatic nitrogens is 2. The van der Waals surface area contributed by atoms with Gasteiger partial charge in [-0.25, -0.2) is 4.98 Å². The maximum atomic E-state index is 9.82. The molecule has 2 rings (SSSR count). The van der Waals surface area contributed by atoms with Crippen molar-refractivity contribution in [2.24, 2.45) is 0 Å². The van der Waals surface area contributed by atoms with Gasteiger partial charge >= 0.3 is 0 Å². The molecule has 6 heteroatoms. The third-order valence-electron chi connectivity index (χ3n) is 2.77. The van der Waals surface area contributed by atoms with Gasteiger partial charge in [0.1, 0.15) is 5.82 Å². The molecule has 1 fully saturated rings. The van der Waals surface area contributed by atoms with Crippen molar-refractivity contribution in [2.75, 3.05) is 30.8 Å². The maximum absolute atomic E-state index is 9.82. The highest BCUT2D eigenvalue weighted by Gasteiger charge is 2.28. The molecule has 0 aliphatic carbocycles. The first-order valence-electron chi connectivity index (χ1n) is 5.25. The molecule has 6 nitrogen and oxygen atoms in total. The molecule has 0 saturated carbocycles. The van der Waals surface area contributed by atoms with E-state index in [9.17, 15) is 5.11 Å². The minimum atomic E-state index is -0.510. The lowest BCUT2D eigenvalue weighted by Gasteiger charge is -2.35. The first-order valence-corrected chi connectivity index (χ1v) is 5.25. The van der Waals surface area contributed by atoms with Crippen LogP contribution >= 0.6 is 0 Å². The summed E-state index contributed by atoms with van der Waals surface area (Å²) < 4.78 is 5.17. The smallest absolute Gasteiger partial charge is 0.227 e. The van der Waals surface area contributed by atoms with E-state index in [0.717, 1.165) is 13.0 Å². The second kappa shape index (κ2) is 4.63. The second-order valence-corrected chi connectivity index (χ2v) is 3.86. The Morgan fingerprint density at radius 3 is 3.06 bits per heavy atom. The van der Waals surface area contributed by atoms with Crippen molar-refractivity contribution >= 4 is 11.8 Å². The zero-order chi connectivity index (χ0) is 11.5. The Bertz CT molecular complexity index is 360. The van der Waals surface area contributed by atoms with Crippen molar-refractivity contribution in [1.29, 1.82) is 0 Å². The van der Waals surface area contributed by atoms with E-state index in [1.807, 2.05) is 4.90 Å². The lowest BCUT2D eigenvalue weighted by Crippen LogP contribution is -2.48. The number of aliphatic hydroxyl groups excluding tert-OH is 1. The molecule has 0 aromatic carbocycles. The number of ether oxygens (including phenoxy) is 1. The molecule has 0 radical (unpaired) electrons. The molecule has 1 unspecified atom stereocenters. The predicted molar refractivity (Wildman–Crippen MR) is 60.1 cm³/mol. The molecule has 0 amide bonds. The summed E-state index contributed by atoms with van der Waals surface area (Å²) in [4.78, 5) is 10.2. The van der Waals surface area contributed by atoms with Gasteiger partial charge in [-0.05, 0) is 12.5 Å². The van der Waals surface area contributed by atoms with Gasteiger partial charge < -0.3 is 20.5 Å². The second-order valence-electron chi connectivity index (χ2n) is 3.86. The van der Waals surface area contributed by atoms with Gasteiger partial charge in [-0.1, -0.05) is 0 Å². The van der Waals surface area contributed by atoms with Crippen molar-refractivity contribution in [2.45, 2.75) is 18.6 Å². The SMILES string of the molecule is COC1CCN(c2nccc(N)n2)C[C@@H]1O. The fourth-order valence-corrected chi connectivity index (χ4v) is 1.88. The number of hydrogen-bond donors (Lipinski definition) is 2. The van der Waals surface area contributed by atoms with Crippen LogP contribution in [0.1, 0.15) is 6.42 Å². The minimum Gasteiger partial charge on any atom is -0.389 e. The van der Waals surface area contributed by atoms with Crippen molar-refractivity contribution < 1.29 is 9.84 Å². The molecule has 1 aromatic heterocycles. The first kappa shape index (κ1) is 11.1. The van der Waals surface area contributed by atoms with Crippen LogP contribution in [0.5, 0.6) is 0 Å². The van der Waals surface area contributed by atoms with E-state index in [1.54, 1.807) is 19.4 Å². The van der Waals surface area contributed by atoms with Gasteiger partial charge in [-0.2, -0.15) is 4.98 Å². The number of nitrogens with zero attached hydrogens (tertiary/aromatic N) is 3. The summed E-state index contributed by atoms with van der Waals surface area (Å²) in [6, 6.07) is 1.64. The predicted octanol–water partition coefficient (Wildman–Crippen LogP) is -0.355. The van der Waals surface area contributed by atoms with Crippen LogP contribution in [0.3, 0.4) is 0 Å². The Hall–Kier alpha value is -1.40. The summed E-state index contributed by atoms with van der Waals surface area (Å²) in [6.45, 7) is 1.24. The van der Waals surface area contributed by atoms with Gasteiger partial charge in [0.2, 0.25) is 5.95 Å². The lowest BCUT2D eigenvalue weighted by molar-refractivity contribution is -0.0219. The van der Waals surface area contributed by atoms with Gasteiger partial charge in [0.25, 0.3) is 0 Å². The van der Waals surface area contributed by atoms with E-state index in [0.29, 0.717) is 18.3 Å². The molecular formula is C10H16N4O2. The number of nitrogens with two attached hydrogens (primary N) is 1. The number of methoxy groups -OCH3 is 1. The molecule has 88 valence electrons. The molecule has 1 saturated heterocycles. The zero-order valence-electron chi connectivity index (χ0n) is 9.21.